The molecule has 0 aliphatic heterocycles. The minimum absolute atomic E-state index is 0.224. The predicted molar refractivity (Wildman–Crippen MR) is 123 cm³/mol. The van der Waals surface area contributed by atoms with Gasteiger partial charge in [0.1, 0.15) is 5.75 Å². The zero-order valence-corrected chi connectivity index (χ0v) is 18.1. The molecule has 1 heterocycles. The second kappa shape index (κ2) is 9.86. The normalized spacial score (nSPS) is 15.5. The SMILES string of the molecule is COC(=O)C(c1occ2c1CCCC2)[S+](C/C=C/c1ccccc1)c1ccccc1. The quantitative estimate of drug-likeness (QED) is 0.361. The van der Waals surface area contributed by atoms with Gasteiger partial charge in [0.05, 0.1) is 24.3 Å². The lowest BCUT2D eigenvalue weighted by Gasteiger charge is -2.18. The van der Waals surface area contributed by atoms with Crippen molar-refractivity contribution < 1.29 is 13.9 Å². The summed E-state index contributed by atoms with van der Waals surface area (Å²) in [6, 6.07) is 20.5. The first kappa shape index (κ1) is 20.5. The number of carbonyl (C=O) groups excluding carboxylic acids is 1. The molecule has 3 aromatic rings. The number of furan rings is 1. The van der Waals surface area contributed by atoms with E-state index in [2.05, 4.69) is 36.4 Å². The van der Waals surface area contributed by atoms with Crippen LogP contribution in [0.15, 0.2) is 82.3 Å². The Hall–Kier alpha value is -2.72. The molecule has 0 saturated heterocycles. The number of rotatable bonds is 7. The Morgan fingerprint density at radius 2 is 1.77 bits per heavy atom. The van der Waals surface area contributed by atoms with E-state index in [-0.39, 0.29) is 5.97 Å². The molecule has 154 valence electrons. The van der Waals surface area contributed by atoms with Crippen LogP contribution >= 0.6 is 0 Å². The highest BCUT2D eigenvalue weighted by Gasteiger charge is 2.45. The van der Waals surface area contributed by atoms with Crippen LogP contribution in [0.2, 0.25) is 0 Å². The summed E-state index contributed by atoms with van der Waals surface area (Å²) in [5.74, 6) is 1.32. The third kappa shape index (κ3) is 4.54. The zero-order chi connectivity index (χ0) is 20.8. The largest absolute Gasteiger partial charge is 0.465 e. The van der Waals surface area contributed by atoms with Crippen LogP contribution in [0.4, 0.5) is 0 Å². The molecule has 4 heteroatoms. The number of esters is 1. The Labute approximate surface area is 181 Å². The van der Waals surface area contributed by atoms with Gasteiger partial charge in [0.2, 0.25) is 0 Å². The first-order chi connectivity index (χ1) is 14.8. The van der Waals surface area contributed by atoms with Crippen LogP contribution in [0.3, 0.4) is 0 Å². The Kier molecular flexibility index (Phi) is 6.75. The summed E-state index contributed by atoms with van der Waals surface area (Å²) in [6.07, 6.45) is 10.5. The van der Waals surface area contributed by atoms with Gasteiger partial charge in [0.25, 0.3) is 5.25 Å². The van der Waals surface area contributed by atoms with Gasteiger partial charge in [0, 0.05) is 5.56 Å². The van der Waals surface area contributed by atoms with Gasteiger partial charge in [-0.15, -0.1) is 0 Å². The third-order valence-corrected chi connectivity index (χ3v) is 7.91. The van der Waals surface area contributed by atoms with Gasteiger partial charge in [-0.2, -0.15) is 0 Å². The number of aryl methyl sites for hydroxylation is 1. The highest BCUT2D eigenvalue weighted by atomic mass is 32.2. The predicted octanol–water partition coefficient (Wildman–Crippen LogP) is 5.76. The Balaban J connectivity index is 1.71. The number of ether oxygens (including phenoxy) is 1. The molecular formula is C26H27O3S+. The number of hydrogen-bond acceptors (Lipinski definition) is 3. The molecular weight excluding hydrogens is 392 g/mol. The number of methoxy groups -OCH3 is 1. The first-order valence-electron chi connectivity index (χ1n) is 10.4. The lowest BCUT2D eigenvalue weighted by atomic mass is 9.93. The van der Waals surface area contributed by atoms with E-state index in [0.29, 0.717) is 0 Å². The van der Waals surface area contributed by atoms with Crippen LogP contribution < -0.4 is 0 Å². The molecule has 0 saturated carbocycles. The average Bonchev–Trinajstić information content (AvgIpc) is 3.23. The summed E-state index contributed by atoms with van der Waals surface area (Å²) < 4.78 is 11.3. The van der Waals surface area contributed by atoms with Crippen molar-refractivity contribution in [2.24, 2.45) is 0 Å². The monoisotopic (exact) mass is 419 g/mol. The third-order valence-electron chi connectivity index (χ3n) is 5.51. The van der Waals surface area contributed by atoms with Crippen molar-refractivity contribution in [3.8, 4) is 0 Å². The highest BCUT2D eigenvalue weighted by molar-refractivity contribution is 7.98. The van der Waals surface area contributed by atoms with Gasteiger partial charge >= 0.3 is 5.97 Å². The van der Waals surface area contributed by atoms with Gasteiger partial charge in [-0.05, 0) is 55.0 Å². The van der Waals surface area contributed by atoms with Crippen molar-refractivity contribution in [2.75, 3.05) is 12.9 Å². The van der Waals surface area contributed by atoms with Crippen LogP contribution in [-0.4, -0.2) is 18.8 Å². The number of fused-ring (bicyclic) bond motifs is 1. The molecule has 2 unspecified atom stereocenters. The second-order valence-corrected chi connectivity index (χ2v) is 9.57. The van der Waals surface area contributed by atoms with Crippen LogP contribution in [0.25, 0.3) is 6.08 Å². The number of hydrogen-bond donors (Lipinski definition) is 0. The molecule has 2 atom stereocenters. The molecule has 0 fully saturated rings. The number of carbonyl (C=O) groups is 1. The van der Waals surface area contributed by atoms with Gasteiger partial charge in [-0.1, -0.05) is 54.6 Å². The van der Waals surface area contributed by atoms with E-state index in [0.717, 1.165) is 41.2 Å². The molecule has 2 aromatic carbocycles. The molecule has 3 nitrogen and oxygen atoms in total. The first-order valence-corrected chi connectivity index (χ1v) is 11.9. The fourth-order valence-electron chi connectivity index (χ4n) is 4.00. The highest BCUT2D eigenvalue weighted by Crippen LogP contribution is 2.38. The smallest absolute Gasteiger partial charge is 0.367 e. The van der Waals surface area contributed by atoms with Gasteiger partial charge < -0.3 is 9.15 Å². The van der Waals surface area contributed by atoms with E-state index in [4.69, 9.17) is 9.15 Å². The van der Waals surface area contributed by atoms with Crippen molar-refractivity contribution in [2.45, 2.75) is 35.8 Å². The minimum atomic E-state index is -0.431. The molecule has 30 heavy (non-hydrogen) atoms. The summed E-state index contributed by atoms with van der Waals surface area (Å²) in [7, 11) is 1.06. The molecule has 0 radical (unpaired) electrons. The molecule has 0 spiro atoms. The standard InChI is InChI=1S/C26H27O3S/c1-28-26(27)25(24-23-17-9-8-14-21(23)19-29-24)30(22-15-6-3-7-16-22)18-10-13-20-11-4-2-5-12-20/h2-7,10-13,15-16,19,25H,8-9,14,17-18H2,1H3/q+1/b13-10+. The van der Waals surface area contributed by atoms with Crippen molar-refractivity contribution >= 4 is 22.9 Å². The molecule has 1 aliphatic carbocycles. The van der Waals surface area contributed by atoms with E-state index in [1.165, 1.54) is 24.7 Å². The van der Waals surface area contributed by atoms with Gasteiger partial charge in [-0.3, -0.25) is 0 Å². The van der Waals surface area contributed by atoms with Crippen molar-refractivity contribution in [1.29, 1.82) is 0 Å². The molecule has 1 aromatic heterocycles. The van der Waals surface area contributed by atoms with E-state index in [1.807, 2.05) is 42.7 Å². The molecule has 1 aliphatic rings. The van der Waals surface area contributed by atoms with E-state index in [9.17, 15) is 4.79 Å². The van der Waals surface area contributed by atoms with E-state index in [1.54, 1.807) is 0 Å². The second-order valence-electron chi connectivity index (χ2n) is 7.44. The van der Waals surface area contributed by atoms with E-state index >= 15 is 0 Å². The maximum Gasteiger partial charge on any atom is 0.367 e. The molecule has 0 N–H and O–H groups in total. The summed E-state index contributed by atoms with van der Waals surface area (Å²) in [6.45, 7) is 0. The van der Waals surface area contributed by atoms with Crippen LogP contribution in [0.5, 0.6) is 0 Å². The van der Waals surface area contributed by atoms with Crippen LogP contribution in [-0.2, 0) is 33.3 Å². The minimum Gasteiger partial charge on any atom is -0.465 e. The Morgan fingerprint density at radius 1 is 1.07 bits per heavy atom. The van der Waals surface area contributed by atoms with Crippen LogP contribution in [0.1, 0.15) is 40.5 Å². The van der Waals surface area contributed by atoms with E-state index < -0.39 is 16.1 Å². The van der Waals surface area contributed by atoms with Crippen molar-refractivity contribution in [3.63, 3.8) is 0 Å². The fourth-order valence-corrected chi connectivity index (χ4v) is 6.25. The summed E-state index contributed by atoms with van der Waals surface area (Å²) in [4.78, 5) is 14.2. The summed E-state index contributed by atoms with van der Waals surface area (Å²) >= 11 is 0. The molecule has 4 rings (SSSR count). The maximum absolute atomic E-state index is 13.0. The number of benzene rings is 2. The Morgan fingerprint density at radius 3 is 2.50 bits per heavy atom. The zero-order valence-electron chi connectivity index (χ0n) is 17.3. The van der Waals surface area contributed by atoms with Crippen molar-refractivity contribution in [1.82, 2.24) is 0 Å². The topological polar surface area (TPSA) is 39.4 Å². The van der Waals surface area contributed by atoms with Gasteiger partial charge in [0.15, 0.2) is 10.7 Å². The summed E-state index contributed by atoms with van der Waals surface area (Å²) in [5.41, 5.74) is 3.62. The summed E-state index contributed by atoms with van der Waals surface area (Å²) in [5, 5.41) is -0.431. The Bertz CT molecular complexity index is 992. The fraction of sp³-hybridized carbons (Fsp3) is 0.269. The molecule has 0 amide bonds. The van der Waals surface area contributed by atoms with Crippen LogP contribution in [0, 0.1) is 0 Å². The maximum atomic E-state index is 13.0. The molecule has 0 bridgehead atoms. The lowest BCUT2D eigenvalue weighted by Crippen LogP contribution is -2.26. The average molecular weight is 420 g/mol. The van der Waals surface area contributed by atoms with Gasteiger partial charge in [-0.25, -0.2) is 4.79 Å². The van der Waals surface area contributed by atoms with Crippen molar-refractivity contribution in [3.05, 3.63) is 95.5 Å². The lowest BCUT2D eigenvalue weighted by molar-refractivity contribution is -0.140.